The molecular formula is C21H23ClN2O3S. The van der Waals surface area contributed by atoms with E-state index in [9.17, 15) is 4.79 Å². The molecule has 0 spiro atoms. The largest absolute Gasteiger partial charge is 0.497 e. The average Bonchev–Trinajstić information content (AvgIpc) is 2.69. The minimum absolute atomic E-state index is 0.131. The molecule has 0 bridgehead atoms. The Kier molecular flexibility index (Phi) is 6.75. The van der Waals surface area contributed by atoms with Gasteiger partial charge in [-0.25, -0.2) is 4.79 Å². The van der Waals surface area contributed by atoms with Crippen molar-refractivity contribution in [2.75, 3.05) is 19.0 Å². The SMILES string of the molecule is CCOC(=O)c1cc(NC(=S)N[C@@H]2CCCc3cc(OC)ccc32)ccc1Cl. The maximum Gasteiger partial charge on any atom is 0.339 e. The van der Waals surface area contributed by atoms with Crippen LogP contribution in [0.4, 0.5) is 5.69 Å². The maximum atomic E-state index is 12.0. The van der Waals surface area contributed by atoms with Gasteiger partial charge in [-0.2, -0.15) is 0 Å². The van der Waals surface area contributed by atoms with Gasteiger partial charge in [-0.05, 0) is 79.9 Å². The zero-order valence-corrected chi connectivity index (χ0v) is 17.5. The highest BCUT2D eigenvalue weighted by molar-refractivity contribution is 7.80. The number of benzene rings is 2. The van der Waals surface area contributed by atoms with Crippen LogP contribution < -0.4 is 15.4 Å². The highest BCUT2D eigenvalue weighted by Crippen LogP contribution is 2.32. The molecule has 0 aliphatic heterocycles. The van der Waals surface area contributed by atoms with E-state index in [1.54, 1.807) is 32.2 Å². The van der Waals surface area contributed by atoms with E-state index < -0.39 is 5.97 Å². The summed E-state index contributed by atoms with van der Waals surface area (Å²) >= 11 is 11.6. The number of carbonyl (C=O) groups excluding carboxylic acids is 1. The van der Waals surface area contributed by atoms with Crippen LogP contribution in [0.3, 0.4) is 0 Å². The van der Waals surface area contributed by atoms with Crippen molar-refractivity contribution in [3.8, 4) is 5.75 Å². The molecule has 1 atom stereocenters. The molecule has 2 N–H and O–H groups in total. The molecule has 0 radical (unpaired) electrons. The van der Waals surface area contributed by atoms with E-state index in [1.807, 2.05) is 6.07 Å². The van der Waals surface area contributed by atoms with Crippen LogP contribution in [0, 0.1) is 0 Å². The number of nitrogens with one attached hydrogen (secondary N) is 2. The molecule has 0 aromatic heterocycles. The molecule has 3 rings (SSSR count). The van der Waals surface area contributed by atoms with E-state index in [2.05, 4.69) is 22.8 Å². The Morgan fingerprint density at radius 3 is 2.86 bits per heavy atom. The number of aryl methyl sites for hydroxylation is 1. The van der Waals surface area contributed by atoms with Gasteiger partial charge in [0.25, 0.3) is 0 Å². The summed E-state index contributed by atoms with van der Waals surface area (Å²) in [7, 11) is 1.68. The van der Waals surface area contributed by atoms with Gasteiger partial charge in [-0.1, -0.05) is 17.7 Å². The van der Waals surface area contributed by atoms with E-state index >= 15 is 0 Å². The highest BCUT2D eigenvalue weighted by Gasteiger charge is 2.21. The first kappa shape index (κ1) is 20.4. The fourth-order valence-corrected chi connectivity index (χ4v) is 3.82. The number of anilines is 1. The quantitative estimate of drug-likeness (QED) is 0.532. The Bertz CT molecular complexity index is 888. The van der Waals surface area contributed by atoms with E-state index in [1.165, 1.54) is 11.1 Å². The molecule has 7 heteroatoms. The zero-order chi connectivity index (χ0) is 20.1. The average molecular weight is 419 g/mol. The number of ether oxygens (including phenoxy) is 2. The smallest absolute Gasteiger partial charge is 0.339 e. The molecule has 0 heterocycles. The molecule has 2 aromatic carbocycles. The lowest BCUT2D eigenvalue weighted by Gasteiger charge is -2.28. The van der Waals surface area contributed by atoms with Gasteiger partial charge < -0.3 is 20.1 Å². The highest BCUT2D eigenvalue weighted by atomic mass is 35.5. The number of fused-ring (bicyclic) bond motifs is 1. The van der Waals surface area contributed by atoms with Gasteiger partial charge in [0.1, 0.15) is 5.75 Å². The predicted molar refractivity (Wildman–Crippen MR) is 115 cm³/mol. The maximum absolute atomic E-state index is 12.0. The number of hydrogen-bond donors (Lipinski definition) is 2. The first-order valence-corrected chi connectivity index (χ1v) is 10.0. The number of thiocarbonyl (C=S) groups is 1. The fraction of sp³-hybridized carbons (Fsp3) is 0.333. The summed E-state index contributed by atoms with van der Waals surface area (Å²) in [4.78, 5) is 12.0. The number of halogens is 1. The van der Waals surface area contributed by atoms with Crippen LogP contribution in [0.15, 0.2) is 36.4 Å². The van der Waals surface area contributed by atoms with E-state index in [4.69, 9.17) is 33.3 Å². The van der Waals surface area contributed by atoms with Crippen molar-refractivity contribution in [1.82, 2.24) is 5.32 Å². The molecule has 148 valence electrons. The normalized spacial score (nSPS) is 15.3. The Balaban J connectivity index is 1.70. The predicted octanol–water partition coefficient (Wildman–Crippen LogP) is 4.89. The lowest BCUT2D eigenvalue weighted by atomic mass is 9.87. The fourth-order valence-electron chi connectivity index (χ4n) is 3.36. The summed E-state index contributed by atoms with van der Waals surface area (Å²) in [5.41, 5.74) is 3.50. The molecule has 28 heavy (non-hydrogen) atoms. The summed E-state index contributed by atoms with van der Waals surface area (Å²) in [6, 6.07) is 11.4. The minimum Gasteiger partial charge on any atom is -0.497 e. The molecular weight excluding hydrogens is 396 g/mol. The van der Waals surface area contributed by atoms with Crippen LogP contribution in [-0.4, -0.2) is 24.8 Å². The summed E-state index contributed by atoms with van der Waals surface area (Å²) in [6.07, 6.45) is 3.11. The zero-order valence-electron chi connectivity index (χ0n) is 15.9. The van der Waals surface area contributed by atoms with Crippen LogP contribution in [0.25, 0.3) is 0 Å². The van der Waals surface area contributed by atoms with Crippen molar-refractivity contribution >= 4 is 40.6 Å². The molecule has 0 fully saturated rings. The second kappa shape index (κ2) is 9.26. The topological polar surface area (TPSA) is 59.6 Å². The standard InChI is InChI=1S/C21H23ClN2O3S/c1-3-27-20(25)17-12-14(7-10-18(17)22)23-21(28)24-19-6-4-5-13-11-15(26-2)8-9-16(13)19/h7-12,19H,3-6H2,1-2H3,(H2,23,24,28)/t19-/m1/s1. The number of esters is 1. The van der Waals surface area contributed by atoms with Crippen LogP contribution in [0.2, 0.25) is 5.02 Å². The second-order valence-electron chi connectivity index (χ2n) is 6.52. The van der Waals surface area contributed by atoms with Gasteiger partial charge >= 0.3 is 5.97 Å². The van der Waals surface area contributed by atoms with Gasteiger partial charge in [-0.15, -0.1) is 0 Å². The van der Waals surface area contributed by atoms with Crippen molar-refractivity contribution in [2.45, 2.75) is 32.2 Å². The van der Waals surface area contributed by atoms with Crippen LogP contribution in [0.5, 0.6) is 5.75 Å². The molecule has 1 aliphatic rings. The van der Waals surface area contributed by atoms with Crippen molar-refractivity contribution in [3.63, 3.8) is 0 Å². The number of hydrogen-bond acceptors (Lipinski definition) is 4. The lowest BCUT2D eigenvalue weighted by molar-refractivity contribution is 0.0526. The van der Waals surface area contributed by atoms with Crippen molar-refractivity contribution in [3.05, 3.63) is 58.1 Å². The van der Waals surface area contributed by atoms with Crippen molar-refractivity contribution in [2.24, 2.45) is 0 Å². The van der Waals surface area contributed by atoms with Gasteiger partial charge in [0.2, 0.25) is 0 Å². The Morgan fingerprint density at radius 1 is 1.29 bits per heavy atom. The third-order valence-corrected chi connectivity index (χ3v) is 5.24. The van der Waals surface area contributed by atoms with Crippen LogP contribution in [-0.2, 0) is 11.2 Å². The van der Waals surface area contributed by atoms with Crippen molar-refractivity contribution < 1.29 is 14.3 Å². The number of carbonyl (C=O) groups is 1. The number of rotatable bonds is 5. The number of methoxy groups -OCH3 is 1. The van der Waals surface area contributed by atoms with Gasteiger partial charge in [0.15, 0.2) is 5.11 Å². The summed E-state index contributed by atoms with van der Waals surface area (Å²) in [5, 5.41) is 7.35. The second-order valence-corrected chi connectivity index (χ2v) is 7.34. The Hall–Kier alpha value is -2.31. The summed E-state index contributed by atoms with van der Waals surface area (Å²) in [6.45, 7) is 2.04. The van der Waals surface area contributed by atoms with E-state index in [0.29, 0.717) is 28.0 Å². The molecule has 2 aromatic rings. The molecule has 0 amide bonds. The van der Waals surface area contributed by atoms with Crippen LogP contribution >= 0.6 is 23.8 Å². The molecule has 0 unspecified atom stereocenters. The van der Waals surface area contributed by atoms with Crippen molar-refractivity contribution in [1.29, 1.82) is 0 Å². The van der Waals surface area contributed by atoms with E-state index in [0.717, 1.165) is 25.0 Å². The third-order valence-electron chi connectivity index (χ3n) is 4.69. The minimum atomic E-state index is -0.454. The first-order valence-electron chi connectivity index (χ1n) is 9.22. The summed E-state index contributed by atoms with van der Waals surface area (Å²) in [5.74, 6) is 0.415. The molecule has 1 aliphatic carbocycles. The van der Waals surface area contributed by atoms with Gasteiger partial charge in [0.05, 0.1) is 30.3 Å². The molecule has 0 saturated carbocycles. The first-order chi connectivity index (χ1) is 13.5. The molecule has 5 nitrogen and oxygen atoms in total. The molecule has 0 saturated heterocycles. The summed E-state index contributed by atoms with van der Waals surface area (Å²) < 4.78 is 10.4. The Morgan fingerprint density at radius 2 is 2.11 bits per heavy atom. The monoisotopic (exact) mass is 418 g/mol. The third kappa shape index (κ3) is 4.75. The van der Waals surface area contributed by atoms with Crippen LogP contribution in [0.1, 0.15) is 47.3 Å². The van der Waals surface area contributed by atoms with E-state index in [-0.39, 0.29) is 6.04 Å². The van der Waals surface area contributed by atoms with Gasteiger partial charge in [-0.3, -0.25) is 0 Å². The lowest BCUT2D eigenvalue weighted by Crippen LogP contribution is -2.34. The Labute approximate surface area is 175 Å². The van der Waals surface area contributed by atoms with Gasteiger partial charge in [0, 0.05) is 5.69 Å².